The first-order valence-corrected chi connectivity index (χ1v) is 6.60. The van der Waals surface area contributed by atoms with Gasteiger partial charge in [0, 0.05) is 13.0 Å². The van der Waals surface area contributed by atoms with Crippen LogP contribution < -0.4 is 5.73 Å². The third kappa shape index (κ3) is 11.7. The highest BCUT2D eigenvalue weighted by Gasteiger charge is 2.01. The summed E-state index contributed by atoms with van der Waals surface area (Å²) in [6.45, 7) is 3.44. The fourth-order valence-corrected chi connectivity index (χ4v) is 1.62. The summed E-state index contributed by atoms with van der Waals surface area (Å²) in [7, 11) is 0. The van der Waals surface area contributed by atoms with Gasteiger partial charge >= 0.3 is 0 Å². The fourth-order valence-electron chi connectivity index (χ4n) is 1.62. The SMILES string of the molecule is CCCCCCCCCC(=O)COCCN. The van der Waals surface area contributed by atoms with Gasteiger partial charge in [0.1, 0.15) is 6.61 Å². The topological polar surface area (TPSA) is 52.3 Å². The van der Waals surface area contributed by atoms with Gasteiger partial charge in [0.05, 0.1) is 6.61 Å². The number of hydrogen-bond donors (Lipinski definition) is 1. The number of unbranched alkanes of at least 4 members (excludes halogenated alkanes) is 6. The number of hydrogen-bond acceptors (Lipinski definition) is 3. The second-order valence-electron chi connectivity index (χ2n) is 4.25. The molecule has 0 saturated heterocycles. The number of ether oxygens (including phenoxy) is 1. The van der Waals surface area contributed by atoms with E-state index in [0.29, 0.717) is 19.6 Å². The average Bonchev–Trinajstić information content (AvgIpc) is 2.28. The summed E-state index contributed by atoms with van der Waals surface area (Å²) in [6.07, 6.45) is 9.39. The molecule has 0 bridgehead atoms. The Bertz CT molecular complexity index is 160. The first-order chi connectivity index (χ1) is 7.81. The summed E-state index contributed by atoms with van der Waals surface area (Å²) in [5, 5.41) is 0. The van der Waals surface area contributed by atoms with Crippen LogP contribution >= 0.6 is 0 Å². The molecule has 0 aromatic heterocycles. The van der Waals surface area contributed by atoms with Gasteiger partial charge in [-0.15, -0.1) is 0 Å². The molecule has 0 amide bonds. The van der Waals surface area contributed by atoms with E-state index in [4.69, 9.17) is 10.5 Å². The molecule has 3 nitrogen and oxygen atoms in total. The molecule has 0 fully saturated rings. The molecule has 96 valence electrons. The molecule has 0 radical (unpaired) electrons. The van der Waals surface area contributed by atoms with E-state index < -0.39 is 0 Å². The van der Waals surface area contributed by atoms with Crippen molar-refractivity contribution in [2.75, 3.05) is 19.8 Å². The van der Waals surface area contributed by atoms with Crippen molar-refractivity contribution in [3.63, 3.8) is 0 Å². The third-order valence-electron chi connectivity index (χ3n) is 2.58. The molecule has 0 saturated carbocycles. The van der Waals surface area contributed by atoms with Crippen LogP contribution in [0.5, 0.6) is 0 Å². The molecular formula is C13H27NO2. The van der Waals surface area contributed by atoms with Gasteiger partial charge in [0.15, 0.2) is 5.78 Å². The monoisotopic (exact) mass is 229 g/mol. The summed E-state index contributed by atoms with van der Waals surface area (Å²) < 4.78 is 5.08. The molecule has 0 aromatic rings. The Kier molecular flexibility index (Phi) is 12.3. The second kappa shape index (κ2) is 12.7. The average molecular weight is 229 g/mol. The molecule has 0 aromatic carbocycles. The van der Waals surface area contributed by atoms with Crippen molar-refractivity contribution in [3.05, 3.63) is 0 Å². The van der Waals surface area contributed by atoms with Crippen LogP contribution in [-0.4, -0.2) is 25.5 Å². The Morgan fingerprint density at radius 1 is 1.06 bits per heavy atom. The molecule has 0 unspecified atom stereocenters. The zero-order valence-electron chi connectivity index (χ0n) is 10.7. The Morgan fingerprint density at radius 3 is 2.31 bits per heavy atom. The van der Waals surface area contributed by atoms with Crippen LogP contribution in [-0.2, 0) is 9.53 Å². The van der Waals surface area contributed by atoms with Gasteiger partial charge in [-0.2, -0.15) is 0 Å². The summed E-state index contributed by atoms with van der Waals surface area (Å²) in [4.78, 5) is 11.3. The largest absolute Gasteiger partial charge is 0.372 e. The maximum Gasteiger partial charge on any atom is 0.158 e. The minimum absolute atomic E-state index is 0.210. The Hall–Kier alpha value is -0.410. The van der Waals surface area contributed by atoms with Crippen LogP contribution in [0.3, 0.4) is 0 Å². The van der Waals surface area contributed by atoms with Gasteiger partial charge in [-0.1, -0.05) is 45.4 Å². The highest BCUT2D eigenvalue weighted by atomic mass is 16.5. The third-order valence-corrected chi connectivity index (χ3v) is 2.58. The van der Waals surface area contributed by atoms with Gasteiger partial charge in [-0.3, -0.25) is 4.79 Å². The van der Waals surface area contributed by atoms with E-state index in [1.807, 2.05) is 0 Å². The van der Waals surface area contributed by atoms with Crippen LogP contribution in [0.2, 0.25) is 0 Å². The molecule has 0 heterocycles. The predicted octanol–water partition coefficient (Wildman–Crippen LogP) is 2.67. The van der Waals surface area contributed by atoms with Crippen molar-refractivity contribution in [2.24, 2.45) is 5.73 Å². The number of ketones is 1. The van der Waals surface area contributed by atoms with Crippen molar-refractivity contribution >= 4 is 5.78 Å². The highest BCUT2D eigenvalue weighted by molar-refractivity contribution is 5.79. The van der Waals surface area contributed by atoms with Crippen LogP contribution in [0.1, 0.15) is 58.3 Å². The molecule has 2 N–H and O–H groups in total. The highest BCUT2D eigenvalue weighted by Crippen LogP contribution is 2.08. The second-order valence-corrected chi connectivity index (χ2v) is 4.25. The van der Waals surface area contributed by atoms with Crippen molar-refractivity contribution in [3.8, 4) is 0 Å². The summed E-state index contributed by atoms with van der Waals surface area (Å²) in [5.41, 5.74) is 5.26. The molecule has 0 aliphatic heterocycles. The van der Waals surface area contributed by atoms with Crippen molar-refractivity contribution in [1.29, 1.82) is 0 Å². The van der Waals surface area contributed by atoms with E-state index in [0.717, 1.165) is 6.42 Å². The van der Waals surface area contributed by atoms with Crippen LogP contribution in [0.4, 0.5) is 0 Å². The molecule has 0 aliphatic carbocycles. The predicted molar refractivity (Wildman–Crippen MR) is 67.5 cm³/mol. The summed E-state index contributed by atoms with van der Waals surface area (Å²) >= 11 is 0. The Balaban J connectivity index is 3.09. The molecule has 3 heteroatoms. The van der Waals surface area contributed by atoms with Crippen molar-refractivity contribution in [1.82, 2.24) is 0 Å². The maximum atomic E-state index is 11.3. The zero-order chi connectivity index (χ0) is 12.1. The lowest BCUT2D eigenvalue weighted by molar-refractivity contribution is -0.123. The van der Waals surface area contributed by atoms with Crippen molar-refractivity contribution < 1.29 is 9.53 Å². The van der Waals surface area contributed by atoms with E-state index in [1.165, 1.54) is 38.5 Å². The Morgan fingerprint density at radius 2 is 1.69 bits per heavy atom. The Labute approximate surface area is 99.7 Å². The molecule has 16 heavy (non-hydrogen) atoms. The quantitative estimate of drug-likeness (QED) is 0.523. The minimum Gasteiger partial charge on any atom is -0.372 e. The first-order valence-electron chi connectivity index (χ1n) is 6.60. The van der Waals surface area contributed by atoms with E-state index >= 15 is 0 Å². The molecule has 0 aliphatic rings. The lowest BCUT2D eigenvalue weighted by Crippen LogP contribution is -2.14. The van der Waals surface area contributed by atoms with Crippen LogP contribution in [0.15, 0.2) is 0 Å². The van der Waals surface area contributed by atoms with Gasteiger partial charge in [0.25, 0.3) is 0 Å². The summed E-state index contributed by atoms with van der Waals surface area (Å²) in [5.74, 6) is 0.210. The minimum atomic E-state index is 0.210. The van der Waals surface area contributed by atoms with E-state index in [2.05, 4.69) is 6.92 Å². The van der Waals surface area contributed by atoms with Crippen LogP contribution in [0.25, 0.3) is 0 Å². The van der Waals surface area contributed by atoms with Gasteiger partial charge in [0.2, 0.25) is 0 Å². The molecular weight excluding hydrogens is 202 g/mol. The van der Waals surface area contributed by atoms with Gasteiger partial charge < -0.3 is 10.5 Å². The number of carbonyl (C=O) groups is 1. The lowest BCUT2D eigenvalue weighted by atomic mass is 10.1. The molecule has 0 rings (SSSR count). The van der Waals surface area contributed by atoms with Crippen molar-refractivity contribution in [2.45, 2.75) is 58.3 Å². The number of rotatable bonds is 12. The maximum absolute atomic E-state index is 11.3. The van der Waals surface area contributed by atoms with Gasteiger partial charge in [-0.25, -0.2) is 0 Å². The normalized spacial score (nSPS) is 10.6. The fraction of sp³-hybridized carbons (Fsp3) is 0.923. The van der Waals surface area contributed by atoms with Gasteiger partial charge in [-0.05, 0) is 6.42 Å². The molecule has 0 atom stereocenters. The van der Waals surface area contributed by atoms with Crippen LogP contribution in [0, 0.1) is 0 Å². The van der Waals surface area contributed by atoms with E-state index in [1.54, 1.807) is 0 Å². The number of nitrogens with two attached hydrogens (primary N) is 1. The number of Topliss-reactive ketones (excluding diaryl/α,β-unsaturated/α-hetero) is 1. The lowest BCUT2D eigenvalue weighted by Gasteiger charge is -2.02. The smallest absolute Gasteiger partial charge is 0.158 e. The first kappa shape index (κ1) is 15.6. The number of carbonyl (C=O) groups excluding carboxylic acids is 1. The van der Waals surface area contributed by atoms with E-state index in [-0.39, 0.29) is 12.4 Å². The zero-order valence-corrected chi connectivity index (χ0v) is 10.7. The standard InChI is InChI=1S/C13H27NO2/c1-2-3-4-5-6-7-8-9-13(15)12-16-11-10-14/h2-12,14H2,1H3. The van der Waals surface area contributed by atoms with E-state index in [9.17, 15) is 4.79 Å². The summed E-state index contributed by atoms with van der Waals surface area (Å²) in [6, 6.07) is 0. The molecule has 0 spiro atoms.